The largest absolute Gasteiger partial charge is 0.342 e. The molecule has 0 unspecified atom stereocenters. The van der Waals surface area contributed by atoms with Gasteiger partial charge >= 0.3 is 0 Å². The van der Waals surface area contributed by atoms with Crippen LogP contribution in [0.25, 0.3) is 22.3 Å². The van der Waals surface area contributed by atoms with E-state index in [-0.39, 0.29) is 5.82 Å². The summed E-state index contributed by atoms with van der Waals surface area (Å²) in [6.45, 7) is 10.3. The smallest absolute Gasteiger partial charge is 0.147 e. The summed E-state index contributed by atoms with van der Waals surface area (Å²) in [6, 6.07) is 39.0. The van der Waals surface area contributed by atoms with E-state index in [1.54, 1.807) is 12.1 Å². The van der Waals surface area contributed by atoms with Gasteiger partial charge in [0.05, 0.1) is 11.4 Å². The second kappa shape index (κ2) is 12.6. The van der Waals surface area contributed by atoms with Crippen molar-refractivity contribution in [2.24, 2.45) is 0 Å². The molecule has 0 amide bonds. The normalized spacial score (nSPS) is 11.0. The second-order valence-corrected chi connectivity index (χ2v) is 12.2. The summed E-state index contributed by atoms with van der Waals surface area (Å²) < 4.78 is 31.7. The number of anilines is 5. The average molecular weight is 609 g/mol. The van der Waals surface area contributed by atoms with E-state index in [1.165, 1.54) is 28.8 Å². The minimum atomic E-state index is -0.393. The lowest BCUT2D eigenvalue weighted by Crippen LogP contribution is -2.12. The first-order valence-corrected chi connectivity index (χ1v) is 15.5. The van der Waals surface area contributed by atoms with E-state index in [0.717, 1.165) is 39.3 Å². The van der Waals surface area contributed by atoms with Gasteiger partial charge in [-0.3, -0.25) is 0 Å². The third kappa shape index (κ3) is 6.16. The molecule has 0 atom stereocenters. The first-order valence-electron chi connectivity index (χ1n) is 15.5. The highest BCUT2D eigenvalue weighted by Crippen LogP contribution is 2.40. The van der Waals surface area contributed by atoms with Gasteiger partial charge in [0, 0.05) is 24.1 Å². The molecule has 2 nitrogen and oxygen atoms in total. The summed E-state index contributed by atoms with van der Waals surface area (Å²) in [5.74, 6) is -0.761. The van der Waals surface area contributed by atoms with Crippen molar-refractivity contribution >= 4 is 28.4 Å². The molecule has 6 rings (SSSR count). The molecular formula is C42H38F2N2. The summed E-state index contributed by atoms with van der Waals surface area (Å²) in [4.78, 5) is 3.77. The predicted octanol–water partition coefficient (Wildman–Crippen LogP) is 12.1. The maximum atomic E-state index is 16.2. The van der Waals surface area contributed by atoms with E-state index in [0.29, 0.717) is 22.5 Å². The van der Waals surface area contributed by atoms with E-state index in [2.05, 4.69) is 76.2 Å². The monoisotopic (exact) mass is 608 g/mol. The molecule has 0 aliphatic carbocycles. The van der Waals surface area contributed by atoms with E-state index in [4.69, 9.17) is 0 Å². The highest BCUT2D eigenvalue weighted by atomic mass is 19.1. The highest BCUT2D eigenvalue weighted by Gasteiger charge is 2.19. The number of hydrogen-bond acceptors (Lipinski definition) is 2. The van der Waals surface area contributed by atoms with Crippen LogP contribution in [0.3, 0.4) is 0 Å². The Balaban J connectivity index is 1.35. The van der Waals surface area contributed by atoms with E-state index < -0.39 is 5.82 Å². The first-order chi connectivity index (χ1) is 22.1. The molecule has 46 heavy (non-hydrogen) atoms. The molecule has 0 fully saturated rings. The summed E-state index contributed by atoms with van der Waals surface area (Å²) in [5.41, 5.74) is 12.8. The Kier molecular flexibility index (Phi) is 8.46. The van der Waals surface area contributed by atoms with Gasteiger partial charge in [-0.2, -0.15) is 0 Å². The third-order valence-electron chi connectivity index (χ3n) is 8.97. The van der Waals surface area contributed by atoms with Gasteiger partial charge in [-0.25, -0.2) is 8.78 Å². The molecule has 0 saturated heterocycles. The lowest BCUT2D eigenvalue weighted by Gasteiger charge is -2.27. The molecule has 0 aromatic heterocycles. The molecular weight excluding hydrogens is 570 g/mol. The Morgan fingerprint density at radius 2 is 0.826 bits per heavy atom. The molecule has 0 spiro atoms. The number of aryl methyl sites for hydroxylation is 5. The average Bonchev–Trinajstić information content (AvgIpc) is 3.05. The van der Waals surface area contributed by atoms with Gasteiger partial charge in [-0.15, -0.1) is 0 Å². The lowest BCUT2D eigenvalue weighted by atomic mass is 10.0. The molecule has 6 aromatic carbocycles. The van der Waals surface area contributed by atoms with Crippen molar-refractivity contribution in [1.29, 1.82) is 0 Å². The molecule has 0 bridgehead atoms. The molecule has 230 valence electrons. The van der Waals surface area contributed by atoms with E-state index in [9.17, 15) is 0 Å². The maximum absolute atomic E-state index is 16.2. The standard InChI is InChI=1S/C42H38F2N2/c1-27-7-11-32(12-8-27)33-13-19-36(20-14-33)46(38-18-10-29(3)31(5)24-38)42-22-16-35(26-40(42)44)34-15-21-41(39(43)25-34)45(6)37-17-9-28(2)30(4)23-37/h7-26H,1-6H3. The first kappa shape index (κ1) is 30.8. The minimum absolute atomic E-state index is 0.367. The Labute approximate surface area is 271 Å². The van der Waals surface area contributed by atoms with Crippen molar-refractivity contribution in [3.05, 3.63) is 161 Å². The van der Waals surface area contributed by atoms with Crippen LogP contribution in [0, 0.1) is 46.3 Å². The van der Waals surface area contributed by atoms with Crippen molar-refractivity contribution in [3.8, 4) is 22.3 Å². The zero-order valence-electron chi connectivity index (χ0n) is 27.2. The SMILES string of the molecule is Cc1ccc(-c2ccc(N(c3ccc(C)c(C)c3)c3ccc(-c4ccc(N(C)c5ccc(C)c(C)c5)c(F)c4)cc3F)cc2)cc1. The Morgan fingerprint density at radius 3 is 1.35 bits per heavy atom. The molecule has 4 heteroatoms. The number of halogens is 2. The number of nitrogens with zero attached hydrogens (tertiary/aromatic N) is 2. The molecule has 0 N–H and O–H groups in total. The quantitative estimate of drug-likeness (QED) is 0.178. The number of rotatable bonds is 7. The maximum Gasteiger partial charge on any atom is 0.147 e. The molecule has 6 aromatic rings. The van der Waals surface area contributed by atoms with Crippen LogP contribution in [0.2, 0.25) is 0 Å². The van der Waals surface area contributed by atoms with Gasteiger partial charge in [0.15, 0.2) is 0 Å². The van der Waals surface area contributed by atoms with Gasteiger partial charge in [0.2, 0.25) is 0 Å². The minimum Gasteiger partial charge on any atom is -0.342 e. The van der Waals surface area contributed by atoms with Crippen molar-refractivity contribution in [2.45, 2.75) is 34.6 Å². The van der Waals surface area contributed by atoms with Gasteiger partial charge in [-0.05, 0) is 140 Å². The fourth-order valence-corrected chi connectivity index (χ4v) is 5.74. The van der Waals surface area contributed by atoms with E-state index in [1.807, 2.05) is 72.3 Å². The van der Waals surface area contributed by atoms with Gasteiger partial charge in [0.1, 0.15) is 11.6 Å². The third-order valence-corrected chi connectivity index (χ3v) is 8.97. The van der Waals surface area contributed by atoms with Crippen molar-refractivity contribution in [3.63, 3.8) is 0 Å². The fourth-order valence-electron chi connectivity index (χ4n) is 5.74. The molecule has 0 aliphatic rings. The van der Waals surface area contributed by atoms with Crippen LogP contribution in [0.4, 0.5) is 37.2 Å². The van der Waals surface area contributed by atoms with Crippen LogP contribution in [-0.4, -0.2) is 7.05 Å². The van der Waals surface area contributed by atoms with Crippen molar-refractivity contribution < 1.29 is 8.78 Å². The van der Waals surface area contributed by atoms with Crippen LogP contribution < -0.4 is 9.80 Å². The highest BCUT2D eigenvalue weighted by molar-refractivity contribution is 5.81. The van der Waals surface area contributed by atoms with Crippen LogP contribution in [0.5, 0.6) is 0 Å². The summed E-state index contributed by atoms with van der Waals surface area (Å²) in [5, 5.41) is 0. The lowest BCUT2D eigenvalue weighted by molar-refractivity contribution is 0.626. The van der Waals surface area contributed by atoms with Gasteiger partial charge in [-0.1, -0.05) is 66.2 Å². The topological polar surface area (TPSA) is 6.48 Å². The van der Waals surface area contributed by atoms with Crippen molar-refractivity contribution in [2.75, 3.05) is 16.8 Å². The number of hydrogen-bond donors (Lipinski definition) is 0. The predicted molar refractivity (Wildman–Crippen MR) is 190 cm³/mol. The summed E-state index contributed by atoms with van der Waals surface area (Å²) >= 11 is 0. The molecule has 0 saturated carbocycles. The van der Waals surface area contributed by atoms with Crippen LogP contribution in [-0.2, 0) is 0 Å². The summed E-state index contributed by atoms with van der Waals surface area (Å²) in [6.07, 6.45) is 0. The van der Waals surface area contributed by atoms with Gasteiger partial charge < -0.3 is 9.80 Å². The molecule has 0 heterocycles. The van der Waals surface area contributed by atoms with Crippen molar-refractivity contribution in [1.82, 2.24) is 0 Å². The molecule has 0 aliphatic heterocycles. The van der Waals surface area contributed by atoms with Gasteiger partial charge in [0.25, 0.3) is 0 Å². The van der Waals surface area contributed by atoms with Crippen LogP contribution in [0.1, 0.15) is 27.8 Å². The Hall–Kier alpha value is -5.22. The Morgan fingerprint density at radius 1 is 0.391 bits per heavy atom. The van der Waals surface area contributed by atoms with E-state index >= 15 is 8.78 Å². The second-order valence-electron chi connectivity index (χ2n) is 12.2. The number of benzene rings is 6. The Bertz CT molecular complexity index is 2030. The van der Waals surface area contributed by atoms with Crippen LogP contribution in [0.15, 0.2) is 121 Å². The zero-order chi connectivity index (χ0) is 32.5. The zero-order valence-corrected chi connectivity index (χ0v) is 27.2. The fraction of sp³-hybridized carbons (Fsp3) is 0.143. The van der Waals surface area contributed by atoms with Crippen LogP contribution >= 0.6 is 0 Å². The molecule has 0 radical (unpaired) electrons. The summed E-state index contributed by atoms with van der Waals surface area (Å²) in [7, 11) is 1.85.